The van der Waals surface area contributed by atoms with Gasteiger partial charge in [0.2, 0.25) is 5.91 Å². The van der Waals surface area contributed by atoms with E-state index in [0.29, 0.717) is 12.8 Å². The number of likely N-dealkylation sites (tertiary alicyclic amines) is 1. The van der Waals surface area contributed by atoms with E-state index in [1.165, 1.54) is 0 Å². The lowest BCUT2D eigenvalue weighted by Gasteiger charge is -2.45. The molecule has 0 aromatic carbocycles. The van der Waals surface area contributed by atoms with Gasteiger partial charge in [-0.15, -0.1) is 0 Å². The van der Waals surface area contributed by atoms with Crippen LogP contribution in [0.2, 0.25) is 0 Å². The second kappa shape index (κ2) is 5.35. The molecule has 2 aliphatic rings. The first kappa shape index (κ1) is 15.3. The van der Waals surface area contributed by atoms with Gasteiger partial charge in [-0.25, -0.2) is 8.42 Å². The Kier molecular flexibility index (Phi) is 4.09. The minimum absolute atomic E-state index is 0.0493. The summed E-state index contributed by atoms with van der Waals surface area (Å²) in [4.78, 5) is 25.2. The molecule has 0 saturated carbocycles. The SMILES string of the molecule is CC1CC(=O)N(C2CCS(=O)(=O)CC2)C(C)C1C(=O)O. The van der Waals surface area contributed by atoms with Gasteiger partial charge in [0.05, 0.1) is 17.4 Å². The van der Waals surface area contributed by atoms with Gasteiger partial charge in [-0.1, -0.05) is 6.92 Å². The van der Waals surface area contributed by atoms with E-state index in [-0.39, 0.29) is 41.8 Å². The first-order chi connectivity index (χ1) is 9.23. The number of piperidine rings is 1. The zero-order valence-corrected chi connectivity index (χ0v) is 12.6. The molecule has 20 heavy (non-hydrogen) atoms. The number of carboxylic acid groups (broad SMARTS) is 1. The van der Waals surface area contributed by atoms with Crippen molar-refractivity contribution in [3.05, 3.63) is 0 Å². The molecule has 0 bridgehead atoms. The number of amides is 1. The van der Waals surface area contributed by atoms with Crippen molar-refractivity contribution in [1.29, 1.82) is 0 Å². The van der Waals surface area contributed by atoms with Crippen molar-refractivity contribution in [2.24, 2.45) is 11.8 Å². The van der Waals surface area contributed by atoms with Crippen LogP contribution in [0.1, 0.15) is 33.1 Å². The predicted molar refractivity (Wildman–Crippen MR) is 72.9 cm³/mol. The summed E-state index contributed by atoms with van der Waals surface area (Å²) in [6.07, 6.45) is 1.06. The number of carboxylic acids is 1. The van der Waals surface area contributed by atoms with Crippen molar-refractivity contribution in [2.45, 2.75) is 45.2 Å². The van der Waals surface area contributed by atoms with Crippen LogP contribution in [-0.4, -0.2) is 53.9 Å². The first-order valence-electron chi connectivity index (χ1n) is 6.97. The lowest BCUT2D eigenvalue weighted by Crippen LogP contribution is -2.57. The van der Waals surface area contributed by atoms with Gasteiger partial charge in [0.15, 0.2) is 0 Å². The highest BCUT2D eigenvalue weighted by Gasteiger charge is 2.45. The summed E-state index contributed by atoms with van der Waals surface area (Å²) < 4.78 is 22.9. The largest absolute Gasteiger partial charge is 0.481 e. The summed E-state index contributed by atoms with van der Waals surface area (Å²) in [5.74, 6) is -1.52. The Labute approximate surface area is 119 Å². The van der Waals surface area contributed by atoms with Crippen molar-refractivity contribution in [1.82, 2.24) is 4.90 Å². The Morgan fingerprint density at radius 1 is 1.25 bits per heavy atom. The molecule has 114 valence electrons. The molecule has 0 aliphatic carbocycles. The van der Waals surface area contributed by atoms with E-state index in [4.69, 9.17) is 0 Å². The van der Waals surface area contributed by atoms with Crippen LogP contribution < -0.4 is 0 Å². The summed E-state index contributed by atoms with van der Waals surface area (Å²) in [6, 6.07) is -0.523. The van der Waals surface area contributed by atoms with Crippen molar-refractivity contribution in [3.63, 3.8) is 0 Å². The quantitative estimate of drug-likeness (QED) is 0.803. The van der Waals surface area contributed by atoms with Crippen molar-refractivity contribution < 1.29 is 23.1 Å². The van der Waals surface area contributed by atoms with E-state index in [9.17, 15) is 23.1 Å². The summed E-state index contributed by atoms with van der Waals surface area (Å²) in [5.41, 5.74) is 0. The van der Waals surface area contributed by atoms with Gasteiger partial charge in [-0.2, -0.15) is 0 Å². The normalized spacial score (nSPS) is 35.0. The van der Waals surface area contributed by atoms with Gasteiger partial charge in [-0.05, 0) is 25.7 Å². The summed E-state index contributed by atoms with van der Waals surface area (Å²) >= 11 is 0. The van der Waals surface area contributed by atoms with Crippen molar-refractivity contribution in [2.75, 3.05) is 11.5 Å². The molecule has 2 rings (SSSR count). The molecule has 1 amide bonds. The monoisotopic (exact) mass is 303 g/mol. The molecule has 2 heterocycles. The van der Waals surface area contributed by atoms with Crippen LogP contribution in [0.15, 0.2) is 0 Å². The first-order valence-corrected chi connectivity index (χ1v) is 8.79. The van der Waals surface area contributed by atoms with Gasteiger partial charge in [0, 0.05) is 18.5 Å². The number of hydrogen-bond acceptors (Lipinski definition) is 4. The molecule has 2 aliphatic heterocycles. The molecule has 3 atom stereocenters. The highest BCUT2D eigenvalue weighted by molar-refractivity contribution is 7.91. The van der Waals surface area contributed by atoms with Crippen LogP contribution in [0.5, 0.6) is 0 Å². The molecule has 6 nitrogen and oxygen atoms in total. The third-order valence-electron chi connectivity index (χ3n) is 4.56. The van der Waals surface area contributed by atoms with Crippen LogP contribution in [0.4, 0.5) is 0 Å². The topological polar surface area (TPSA) is 91.8 Å². The van der Waals surface area contributed by atoms with Gasteiger partial charge in [0.25, 0.3) is 0 Å². The molecular weight excluding hydrogens is 282 g/mol. The van der Waals surface area contributed by atoms with E-state index in [0.717, 1.165) is 0 Å². The highest BCUT2D eigenvalue weighted by atomic mass is 32.2. The average Bonchev–Trinajstić information content (AvgIpc) is 2.29. The summed E-state index contributed by atoms with van der Waals surface area (Å²) in [7, 11) is -2.98. The van der Waals surface area contributed by atoms with Gasteiger partial charge >= 0.3 is 5.97 Å². The molecule has 0 aromatic rings. The number of aliphatic carboxylic acids is 1. The fraction of sp³-hybridized carbons (Fsp3) is 0.846. The second-order valence-corrected chi connectivity index (χ2v) is 8.27. The Bertz CT molecular complexity index is 501. The van der Waals surface area contributed by atoms with E-state index in [1.54, 1.807) is 18.7 Å². The molecule has 2 saturated heterocycles. The molecule has 0 aromatic heterocycles. The number of rotatable bonds is 2. The zero-order chi connectivity index (χ0) is 15.1. The Morgan fingerprint density at radius 2 is 1.80 bits per heavy atom. The average molecular weight is 303 g/mol. The minimum Gasteiger partial charge on any atom is -0.481 e. The Morgan fingerprint density at radius 3 is 2.30 bits per heavy atom. The third kappa shape index (κ3) is 2.82. The third-order valence-corrected chi connectivity index (χ3v) is 6.27. The number of hydrogen-bond donors (Lipinski definition) is 1. The van der Waals surface area contributed by atoms with Crippen LogP contribution in [0.3, 0.4) is 0 Å². The number of carbonyl (C=O) groups excluding carboxylic acids is 1. The summed E-state index contributed by atoms with van der Waals surface area (Å²) in [6.45, 7) is 3.55. The van der Waals surface area contributed by atoms with E-state index in [1.807, 2.05) is 0 Å². The lowest BCUT2D eigenvalue weighted by atomic mass is 9.80. The fourth-order valence-corrected chi connectivity index (χ4v) is 4.99. The maximum Gasteiger partial charge on any atom is 0.308 e. The summed E-state index contributed by atoms with van der Waals surface area (Å²) in [5, 5.41) is 9.33. The number of nitrogens with zero attached hydrogens (tertiary/aromatic N) is 1. The van der Waals surface area contributed by atoms with Gasteiger partial charge < -0.3 is 10.0 Å². The molecule has 3 unspecified atom stereocenters. The fourth-order valence-electron chi connectivity index (χ4n) is 3.53. The smallest absolute Gasteiger partial charge is 0.308 e. The molecule has 0 spiro atoms. The van der Waals surface area contributed by atoms with Crippen LogP contribution in [0.25, 0.3) is 0 Å². The van der Waals surface area contributed by atoms with E-state index < -0.39 is 21.7 Å². The predicted octanol–water partition coefficient (Wildman–Crippen LogP) is 0.521. The van der Waals surface area contributed by atoms with Gasteiger partial charge in [-0.3, -0.25) is 9.59 Å². The molecule has 2 fully saturated rings. The zero-order valence-electron chi connectivity index (χ0n) is 11.8. The van der Waals surface area contributed by atoms with Crippen LogP contribution >= 0.6 is 0 Å². The maximum absolute atomic E-state index is 12.2. The van der Waals surface area contributed by atoms with Crippen LogP contribution in [0, 0.1) is 11.8 Å². The van der Waals surface area contributed by atoms with Crippen molar-refractivity contribution in [3.8, 4) is 0 Å². The standard InChI is InChI=1S/C13H21NO5S/c1-8-7-11(15)14(9(2)12(8)13(16)17)10-3-5-20(18,19)6-4-10/h8-10,12H,3-7H2,1-2H3,(H,16,17). The van der Waals surface area contributed by atoms with Gasteiger partial charge in [0.1, 0.15) is 9.84 Å². The highest BCUT2D eigenvalue weighted by Crippen LogP contribution is 2.33. The number of sulfone groups is 1. The minimum atomic E-state index is -2.98. The number of carbonyl (C=O) groups is 2. The maximum atomic E-state index is 12.2. The van der Waals surface area contributed by atoms with E-state index >= 15 is 0 Å². The van der Waals surface area contributed by atoms with Crippen molar-refractivity contribution >= 4 is 21.7 Å². The lowest BCUT2D eigenvalue weighted by molar-refractivity contribution is -0.157. The Balaban J connectivity index is 2.18. The second-order valence-electron chi connectivity index (χ2n) is 5.97. The Hall–Kier alpha value is -1.11. The van der Waals surface area contributed by atoms with Crippen LogP contribution in [-0.2, 0) is 19.4 Å². The van der Waals surface area contributed by atoms with E-state index in [2.05, 4.69) is 0 Å². The molecular formula is C13H21NO5S. The molecule has 0 radical (unpaired) electrons. The molecule has 1 N–H and O–H groups in total. The molecule has 7 heteroatoms.